The first kappa shape index (κ1) is 15.6. The van der Waals surface area contributed by atoms with Crippen molar-refractivity contribution >= 4 is 22.7 Å². The van der Waals surface area contributed by atoms with Crippen LogP contribution in [0.25, 0.3) is 11.0 Å². The van der Waals surface area contributed by atoms with Crippen LogP contribution in [0.3, 0.4) is 0 Å². The van der Waals surface area contributed by atoms with E-state index in [9.17, 15) is 0 Å². The minimum Gasteiger partial charge on any atom is -0.497 e. The first-order chi connectivity index (χ1) is 12.3. The molecule has 0 atom stereocenters. The zero-order valence-electron chi connectivity index (χ0n) is 14.0. The number of aromatic amines is 1. The van der Waals surface area contributed by atoms with Gasteiger partial charge in [0, 0.05) is 25.2 Å². The van der Waals surface area contributed by atoms with E-state index >= 15 is 0 Å². The number of hydrogen-bond donors (Lipinski definition) is 2. The quantitative estimate of drug-likeness (QED) is 0.732. The summed E-state index contributed by atoms with van der Waals surface area (Å²) < 4.78 is 10.6. The van der Waals surface area contributed by atoms with E-state index in [1.54, 1.807) is 13.4 Å². The first-order valence-corrected chi connectivity index (χ1v) is 8.23. The number of aromatic nitrogens is 4. The summed E-state index contributed by atoms with van der Waals surface area (Å²) in [4.78, 5) is 18.7. The lowest BCUT2D eigenvalue weighted by molar-refractivity contribution is 0.122. The summed E-state index contributed by atoms with van der Waals surface area (Å²) in [5.74, 6) is 3.33. The summed E-state index contributed by atoms with van der Waals surface area (Å²) in [6.45, 7) is 3.71. The molecule has 1 aromatic carbocycles. The number of nitrogens with one attached hydrogen (secondary N) is 2. The second-order valence-corrected chi connectivity index (χ2v) is 5.78. The van der Waals surface area contributed by atoms with Gasteiger partial charge in [-0.3, -0.25) is 0 Å². The fourth-order valence-electron chi connectivity index (χ4n) is 2.84. The van der Waals surface area contributed by atoms with Gasteiger partial charge in [0.2, 0.25) is 0 Å². The molecule has 3 heterocycles. The monoisotopic (exact) mass is 340 g/mol. The van der Waals surface area contributed by atoms with Crippen molar-refractivity contribution in [1.82, 2.24) is 19.9 Å². The molecule has 0 radical (unpaired) electrons. The van der Waals surface area contributed by atoms with Crippen LogP contribution < -0.4 is 15.0 Å². The number of fused-ring (bicyclic) bond motifs is 1. The lowest BCUT2D eigenvalue weighted by Gasteiger charge is -2.27. The SMILES string of the molecule is COc1ccc2nc(CNc3cc(N4CCOCC4)ncn3)[nH]c2c1. The van der Waals surface area contributed by atoms with Gasteiger partial charge in [-0.1, -0.05) is 0 Å². The third-order valence-electron chi connectivity index (χ3n) is 4.16. The maximum atomic E-state index is 5.38. The number of hydrogen-bond acceptors (Lipinski definition) is 7. The Kier molecular flexibility index (Phi) is 4.34. The number of benzene rings is 1. The van der Waals surface area contributed by atoms with E-state index in [1.165, 1.54) is 0 Å². The van der Waals surface area contributed by atoms with Crippen LogP contribution in [0.1, 0.15) is 5.82 Å². The van der Waals surface area contributed by atoms with E-state index < -0.39 is 0 Å². The molecule has 0 aliphatic carbocycles. The molecule has 8 heteroatoms. The highest BCUT2D eigenvalue weighted by Crippen LogP contribution is 2.20. The third kappa shape index (κ3) is 3.48. The Balaban J connectivity index is 1.45. The van der Waals surface area contributed by atoms with Gasteiger partial charge >= 0.3 is 0 Å². The minimum atomic E-state index is 0.552. The molecular weight excluding hydrogens is 320 g/mol. The Morgan fingerprint density at radius 1 is 1.24 bits per heavy atom. The van der Waals surface area contributed by atoms with Gasteiger partial charge in [-0.2, -0.15) is 0 Å². The summed E-state index contributed by atoms with van der Waals surface area (Å²) in [5.41, 5.74) is 1.86. The van der Waals surface area contributed by atoms with Crippen LogP contribution in [-0.4, -0.2) is 53.3 Å². The molecule has 0 spiro atoms. The maximum absolute atomic E-state index is 5.38. The zero-order valence-corrected chi connectivity index (χ0v) is 14.0. The summed E-state index contributed by atoms with van der Waals surface area (Å²) in [6, 6.07) is 7.73. The van der Waals surface area contributed by atoms with Gasteiger partial charge in [0.25, 0.3) is 0 Å². The molecule has 25 heavy (non-hydrogen) atoms. The molecule has 8 nitrogen and oxygen atoms in total. The molecule has 0 unspecified atom stereocenters. The number of imidazole rings is 1. The van der Waals surface area contributed by atoms with E-state index in [-0.39, 0.29) is 0 Å². The Labute approximate surface area is 145 Å². The molecule has 0 amide bonds. The highest BCUT2D eigenvalue weighted by atomic mass is 16.5. The van der Waals surface area contributed by atoms with Crippen molar-refractivity contribution in [3.8, 4) is 5.75 Å². The van der Waals surface area contributed by atoms with Crippen molar-refractivity contribution in [1.29, 1.82) is 0 Å². The topological polar surface area (TPSA) is 88.2 Å². The van der Waals surface area contributed by atoms with Crippen molar-refractivity contribution in [2.24, 2.45) is 0 Å². The molecular formula is C17H20N6O2. The largest absolute Gasteiger partial charge is 0.497 e. The van der Waals surface area contributed by atoms with Crippen molar-refractivity contribution in [2.45, 2.75) is 6.54 Å². The van der Waals surface area contributed by atoms with E-state index in [4.69, 9.17) is 9.47 Å². The number of nitrogens with zero attached hydrogens (tertiary/aromatic N) is 4. The Hall–Kier alpha value is -2.87. The predicted molar refractivity (Wildman–Crippen MR) is 95.0 cm³/mol. The highest BCUT2D eigenvalue weighted by Gasteiger charge is 2.13. The number of ether oxygens (including phenoxy) is 2. The second kappa shape index (κ2) is 6.94. The molecule has 1 saturated heterocycles. The summed E-state index contributed by atoms with van der Waals surface area (Å²) in [7, 11) is 1.65. The highest BCUT2D eigenvalue weighted by molar-refractivity contribution is 5.76. The standard InChI is InChI=1S/C17H20N6O2/c1-24-12-2-3-13-14(8-12)22-16(21-13)10-18-15-9-17(20-11-19-15)23-4-6-25-7-5-23/h2-3,8-9,11H,4-7,10H2,1H3,(H,21,22)(H,18,19,20). The van der Waals surface area contributed by atoms with Gasteiger partial charge in [0.15, 0.2) is 0 Å². The molecule has 3 aromatic rings. The van der Waals surface area contributed by atoms with Crippen molar-refractivity contribution < 1.29 is 9.47 Å². The molecule has 1 aliphatic rings. The van der Waals surface area contributed by atoms with Gasteiger partial charge in [0.1, 0.15) is 29.5 Å². The average molecular weight is 340 g/mol. The van der Waals surface area contributed by atoms with Crippen LogP contribution in [0.5, 0.6) is 5.75 Å². The van der Waals surface area contributed by atoms with Crippen LogP contribution in [0, 0.1) is 0 Å². The fraction of sp³-hybridized carbons (Fsp3) is 0.353. The number of rotatable bonds is 5. The van der Waals surface area contributed by atoms with E-state index in [1.807, 2.05) is 24.3 Å². The molecule has 4 rings (SSSR count). The van der Waals surface area contributed by atoms with Gasteiger partial charge in [-0.25, -0.2) is 15.0 Å². The molecule has 1 fully saturated rings. The Bertz CT molecular complexity index is 859. The second-order valence-electron chi connectivity index (χ2n) is 5.78. The minimum absolute atomic E-state index is 0.552. The van der Waals surface area contributed by atoms with Crippen LogP contribution in [0.15, 0.2) is 30.6 Å². The van der Waals surface area contributed by atoms with Gasteiger partial charge in [-0.05, 0) is 12.1 Å². The number of methoxy groups -OCH3 is 1. The number of morpholine rings is 1. The van der Waals surface area contributed by atoms with Gasteiger partial charge < -0.3 is 24.7 Å². The molecule has 0 saturated carbocycles. The first-order valence-electron chi connectivity index (χ1n) is 8.23. The van der Waals surface area contributed by atoms with Gasteiger partial charge in [0.05, 0.1) is 37.9 Å². The van der Waals surface area contributed by atoms with Crippen molar-refractivity contribution in [2.75, 3.05) is 43.6 Å². The normalized spacial score (nSPS) is 14.7. The average Bonchev–Trinajstić information content (AvgIpc) is 3.09. The molecule has 130 valence electrons. The summed E-state index contributed by atoms with van der Waals surface area (Å²) >= 11 is 0. The van der Waals surface area contributed by atoms with E-state index in [2.05, 4.69) is 30.2 Å². The van der Waals surface area contributed by atoms with Crippen molar-refractivity contribution in [3.63, 3.8) is 0 Å². The number of anilines is 2. The lowest BCUT2D eigenvalue weighted by Crippen LogP contribution is -2.36. The molecule has 2 aromatic heterocycles. The predicted octanol–water partition coefficient (Wildman–Crippen LogP) is 1.81. The van der Waals surface area contributed by atoms with Crippen LogP contribution in [0.2, 0.25) is 0 Å². The zero-order chi connectivity index (χ0) is 17.1. The van der Waals surface area contributed by atoms with E-state index in [0.717, 1.165) is 60.5 Å². The van der Waals surface area contributed by atoms with Crippen molar-refractivity contribution in [3.05, 3.63) is 36.4 Å². The molecule has 1 aliphatic heterocycles. The van der Waals surface area contributed by atoms with Crippen LogP contribution in [0.4, 0.5) is 11.6 Å². The lowest BCUT2D eigenvalue weighted by atomic mass is 10.3. The summed E-state index contributed by atoms with van der Waals surface area (Å²) in [5, 5.41) is 3.30. The van der Waals surface area contributed by atoms with E-state index in [0.29, 0.717) is 6.54 Å². The maximum Gasteiger partial charge on any atom is 0.134 e. The van der Waals surface area contributed by atoms with Crippen LogP contribution in [-0.2, 0) is 11.3 Å². The fourth-order valence-corrected chi connectivity index (χ4v) is 2.84. The molecule has 0 bridgehead atoms. The Morgan fingerprint density at radius 2 is 2.12 bits per heavy atom. The summed E-state index contributed by atoms with van der Waals surface area (Å²) in [6.07, 6.45) is 1.58. The Morgan fingerprint density at radius 3 is 2.96 bits per heavy atom. The van der Waals surface area contributed by atoms with Gasteiger partial charge in [-0.15, -0.1) is 0 Å². The number of H-pyrrole nitrogens is 1. The van der Waals surface area contributed by atoms with Crippen LogP contribution >= 0.6 is 0 Å². The third-order valence-corrected chi connectivity index (χ3v) is 4.16. The smallest absolute Gasteiger partial charge is 0.134 e. The molecule has 2 N–H and O–H groups in total.